The smallest absolute Gasteiger partial charge is 0.0945 e. The van der Waals surface area contributed by atoms with E-state index in [9.17, 15) is 5.11 Å². The fraction of sp³-hybridized carbons (Fsp3) is 0.684. The molecule has 0 radical (unpaired) electrons. The minimum absolute atomic E-state index is 0. The van der Waals surface area contributed by atoms with Gasteiger partial charge < -0.3 is 15.3 Å². The Morgan fingerprint density at radius 3 is 2.25 bits per heavy atom. The van der Waals surface area contributed by atoms with Crippen molar-refractivity contribution in [3.8, 4) is 0 Å². The first-order valence-electron chi connectivity index (χ1n) is 8.87. The van der Waals surface area contributed by atoms with Crippen LogP contribution in [0.25, 0.3) is 0 Å². The molecular weight excluding hydrogens is 343 g/mol. The van der Waals surface area contributed by atoms with E-state index in [2.05, 4.69) is 24.1 Å². The van der Waals surface area contributed by atoms with Crippen LogP contribution in [0.1, 0.15) is 51.2 Å². The van der Waals surface area contributed by atoms with E-state index < -0.39 is 6.10 Å². The lowest BCUT2D eigenvalue weighted by atomic mass is 9.93. The van der Waals surface area contributed by atoms with E-state index in [0.717, 1.165) is 18.5 Å². The van der Waals surface area contributed by atoms with E-state index in [1.807, 2.05) is 30.3 Å². The lowest BCUT2D eigenvalue weighted by molar-refractivity contribution is 0.104. The Balaban J connectivity index is 0.00000264. The van der Waals surface area contributed by atoms with Crippen LogP contribution in [0, 0.1) is 5.92 Å². The molecule has 3 nitrogen and oxygen atoms in total. The Morgan fingerprint density at radius 1 is 1.04 bits per heavy atom. The Morgan fingerprint density at radius 2 is 1.67 bits per heavy atom. The van der Waals surface area contributed by atoms with Crippen LogP contribution in [0.2, 0.25) is 0 Å². The van der Waals surface area contributed by atoms with E-state index in [1.54, 1.807) is 0 Å². The van der Waals surface area contributed by atoms with Gasteiger partial charge in [-0.05, 0) is 56.9 Å². The number of aliphatic hydroxyl groups excluding tert-OH is 1. The first-order valence-corrected chi connectivity index (χ1v) is 8.87. The Labute approximate surface area is 160 Å². The number of nitrogens with zero attached hydrogens (tertiary/aromatic N) is 1. The molecule has 1 saturated heterocycles. The molecule has 24 heavy (non-hydrogen) atoms. The third-order valence-corrected chi connectivity index (χ3v) is 4.68. The average molecular weight is 377 g/mol. The van der Waals surface area contributed by atoms with Crippen LogP contribution in [-0.2, 0) is 0 Å². The maximum atomic E-state index is 10.6. The Bertz CT molecular complexity index is 411. The van der Waals surface area contributed by atoms with Crippen molar-refractivity contribution in [1.29, 1.82) is 0 Å². The van der Waals surface area contributed by atoms with E-state index in [-0.39, 0.29) is 30.9 Å². The van der Waals surface area contributed by atoms with Gasteiger partial charge in [-0.15, -0.1) is 24.8 Å². The molecule has 1 aliphatic rings. The molecule has 1 fully saturated rings. The second-order valence-electron chi connectivity index (χ2n) is 6.84. The number of piperidine rings is 1. The van der Waals surface area contributed by atoms with Gasteiger partial charge in [0.1, 0.15) is 0 Å². The Kier molecular flexibility index (Phi) is 12.8. The zero-order valence-corrected chi connectivity index (χ0v) is 16.6. The van der Waals surface area contributed by atoms with E-state index in [0.29, 0.717) is 5.92 Å². The third-order valence-electron chi connectivity index (χ3n) is 4.68. The van der Waals surface area contributed by atoms with Gasteiger partial charge in [0, 0.05) is 6.04 Å². The number of rotatable bonds is 8. The number of likely N-dealkylation sites (tertiary alicyclic amines) is 1. The molecule has 2 unspecified atom stereocenters. The van der Waals surface area contributed by atoms with Crippen molar-refractivity contribution >= 4 is 24.8 Å². The van der Waals surface area contributed by atoms with Crippen molar-refractivity contribution in [2.75, 3.05) is 26.2 Å². The van der Waals surface area contributed by atoms with Gasteiger partial charge >= 0.3 is 0 Å². The molecule has 0 amide bonds. The molecule has 0 aromatic heterocycles. The fourth-order valence-electron chi connectivity index (χ4n) is 3.32. The quantitative estimate of drug-likeness (QED) is 0.671. The molecule has 2 N–H and O–H groups in total. The van der Waals surface area contributed by atoms with Crippen molar-refractivity contribution in [2.45, 2.75) is 51.7 Å². The standard InChI is InChI=1S/C19H32N2O.2ClH/c1-16(2)18(19(22)17-10-5-3-6-11-17)20-12-9-15-21-13-7-4-8-14-21;;/h3,5-6,10-11,16,18-20,22H,4,7-9,12-15H2,1-2H3;2*1H. The highest BCUT2D eigenvalue weighted by molar-refractivity contribution is 5.85. The summed E-state index contributed by atoms with van der Waals surface area (Å²) in [7, 11) is 0. The van der Waals surface area contributed by atoms with Gasteiger partial charge in [-0.3, -0.25) is 0 Å². The van der Waals surface area contributed by atoms with Crippen LogP contribution in [0.5, 0.6) is 0 Å². The molecule has 0 spiro atoms. The van der Waals surface area contributed by atoms with Gasteiger partial charge in [0.2, 0.25) is 0 Å². The summed E-state index contributed by atoms with van der Waals surface area (Å²) < 4.78 is 0. The second-order valence-corrected chi connectivity index (χ2v) is 6.84. The number of halogens is 2. The van der Waals surface area contributed by atoms with Gasteiger partial charge in [0.25, 0.3) is 0 Å². The molecule has 2 atom stereocenters. The number of hydrogen-bond donors (Lipinski definition) is 2. The SMILES string of the molecule is CC(C)C(NCCCN1CCCCC1)C(O)c1ccccc1.Cl.Cl. The van der Waals surface area contributed by atoms with E-state index in [4.69, 9.17) is 0 Å². The maximum absolute atomic E-state index is 10.6. The van der Waals surface area contributed by atoms with Crippen LogP contribution < -0.4 is 5.32 Å². The van der Waals surface area contributed by atoms with Gasteiger partial charge in [-0.1, -0.05) is 50.6 Å². The highest BCUT2D eigenvalue weighted by atomic mass is 35.5. The normalized spacial score (nSPS) is 17.7. The predicted octanol–water partition coefficient (Wildman–Crippen LogP) is 4.05. The summed E-state index contributed by atoms with van der Waals surface area (Å²) in [6.45, 7) is 9.03. The van der Waals surface area contributed by atoms with Crippen LogP contribution in [0.4, 0.5) is 0 Å². The molecule has 1 aromatic carbocycles. The van der Waals surface area contributed by atoms with Gasteiger partial charge in [-0.25, -0.2) is 0 Å². The molecule has 5 heteroatoms. The topological polar surface area (TPSA) is 35.5 Å². The van der Waals surface area contributed by atoms with Crippen molar-refractivity contribution in [3.63, 3.8) is 0 Å². The van der Waals surface area contributed by atoms with Gasteiger partial charge in [0.15, 0.2) is 0 Å². The Hall–Kier alpha value is -0.320. The predicted molar refractivity (Wildman–Crippen MR) is 107 cm³/mol. The minimum Gasteiger partial charge on any atom is -0.387 e. The molecule has 0 bridgehead atoms. The minimum atomic E-state index is -0.434. The number of benzene rings is 1. The largest absolute Gasteiger partial charge is 0.387 e. The van der Waals surface area contributed by atoms with Gasteiger partial charge in [0.05, 0.1) is 6.10 Å². The molecule has 0 saturated carbocycles. The summed E-state index contributed by atoms with van der Waals surface area (Å²) in [5.41, 5.74) is 1.00. The second kappa shape index (κ2) is 13.0. The lowest BCUT2D eigenvalue weighted by Gasteiger charge is -2.29. The molecule has 2 rings (SSSR count). The highest BCUT2D eigenvalue weighted by Crippen LogP contribution is 2.21. The van der Waals surface area contributed by atoms with Crippen molar-refractivity contribution < 1.29 is 5.11 Å². The first kappa shape index (κ1) is 23.7. The van der Waals surface area contributed by atoms with Crippen LogP contribution in [-0.4, -0.2) is 42.2 Å². The summed E-state index contributed by atoms with van der Waals surface area (Å²) >= 11 is 0. The average Bonchev–Trinajstić information content (AvgIpc) is 2.56. The maximum Gasteiger partial charge on any atom is 0.0945 e. The van der Waals surface area contributed by atoms with Crippen LogP contribution in [0.15, 0.2) is 30.3 Å². The van der Waals surface area contributed by atoms with Gasteiger partial charge in [-0.2, -0.15) is 0 Å². The summed E-state index contributed by atoms with van der Waals surface area (Å²) in [6, 6.07) is 10.1. The van der Waals surface area contributed by atoms with Crippen molar-refractivity contribution in [1.82, 2.24) is 10.2 Å². The molecule has 140 valence electrons. The van der Waals surface area contributed by atoms with Crippen LogP contribution >= 0.6 is 24.8 Å². The third kappa shape index (κ3) is 7.71. The zero-order valence-electron chi connectivity index (χ0n) is 15.0. The van der Waals surface area contributed by atoms with Crippen molar-refractivity contribution in [3.05, 3.63) is 35.9 Å². The molecule has 1 heterocycles. The number of aliphatic hydroxyl groups is 1. The highest BCUT2D eigenvalue weighted by Gasteiger charge is 2.23. The fourth-order valence-corrected chi connectivity index (χ4v) is 3.32. The molecule has 0 aliphatic carbocycles. The molecule has 1 aliphatic heterocycles. The zero-order chi connectivity index (χ0) is 15.8. The van der Waals surface area contributed by atoms with E-state index in [1.165, 1.54) is 38.9 Å². The number of hydrogen-bond acceptors (Lipinski definition) is 3. The lowest BCUT2D eigenvalue weighted by Crippen LogP contribution is -2.41. The summed E-state index contributed by atoms with van der Waals surface area (Å²) in [5.74, 6) is 0.408. The molecule has 1 aromatic rings. The summed E-state index contributed by atoms with van der Waals surface area (Å²) in [6.07, 6.45) is 4.83. The molecular formula is C19H34Cl2N2O. The first-order chi connectivity index (χ1) is 10.7. The van der Waals surface area contributed by atoms with Crippen LogP contribution in [0.3, 0.4) is 0 Å². The number of nitrogens with one attached hydrogen (secondary N) is 1. The van der Waals surface area contributed by atoms with E-state index >= 15 is 0 Å². The summed E-state index contributed by atoms with van der Waals surface area (Å²) in [5, 5.41) is 14.2. The monoisotopic (exact) mass is 376 g/mol. The summed E-state index contributed by atoms with van der Waals surface area (Å²) in [4.78, 5) is 2.57. The van der Waals surface area contributed by atoms with Crippen molar-refractivity contribution in [2.24, 2.45) is 5.92 Å².